The van der Waals surface area contributed by atoms with E-state index in [-0.39, 0.29) is 11.4 Å². The van der Waals surface area contributed by atoms with Crippen LogP contribution in [0.5, 0.6) is 0 Å². The maximum atomic E-state index is 11.5. The van der Waals surface area contributed by atoms with Crippen molar-refractivity contribution in [3.05, 3.63) is 29.8 Å². The summed E-state index contributed by atoms with van der Waals surface area (Å²) in [4.78, 5) is 31.0. The molecule has 1 aromatic carbocycles. The van der Waals surface area contributed by atoms with E-state index in [4.69, 9.17) is 4.84 Å². The smallest absolute Gasteiger partial charge is 0.253 e. The van der Waals surface area contributed by atoms with Crippen LogP contribution in [0.15, 0.2) is 29.3 Å². The summed E-state index contributed by atoms with van der Waals surface area (Å²) in [5.41, 5.74) is 1.34. The number of amides is 1. The second-order valence-electron chi connectivity index (χ2n) is 4.55. The van der Waals surface area contributed by atoms with Crippen molar-refractivity contribution in [3.63, 3.8) is 0 Å². The summed E-state index contributed by atoms with van der Waals surface area (Å²) in [6.45, 7) is 0.431. The summed E-state index contributed by atoms with van der Waals surface area (Å²) in [6, 6.07) is 7.41. The van der Waals surface area contributed by atoms with Gasteiger partial charge in [-0.3, -0.25) is 9.63 Å². The van der Waals surface area contributed by atoms with Gasteiger partial charge >= 0.3 is 0 Å². The van der Waals surface area contributed by atoms with Crippen molar-refractivity contribution >= 4 is 17.7 Å². The van der Waals surface area contributed by atoms with Gasteiger partial charge in [0.25, 0.3) is 5.91 Å². The first kappa shape index (κ1) is 11.1. The van der Waals surface area contributed by atoms with E-state index in [1.165, 1.54) is 5.06 Å². The van der Waals surface area contributed by atoms with Gasteiger partial charge in [0.15, 0.2) is 0 Å². The van der Waals surface area contributed by atoms with Crippen molar-refractivity contribution in [2.75, 3.05) is 11.7 Å². The number of rotatable bonds is 3. The zero-order valence-electron chi connectivity index (χ0n) is 9.76. The van der Waals surface area contributed by atoms with Crippen LogP contribution >= 0.6 is 0 Å². The third-order valence-electron chi connectivity index (χ3n) is 3.39. The molecule has 0 unspecified atom stereocenters. The molecule has 0 N–H and O–H groups in total. The number of hydrogen-bond acceptors (Lipinski definition) is 4. The molecule has 1 aromatic rings. The quantitative estimate of drug-likeness (QED) is 0.600. The summed E-state index contributed by atoms with van der Waals surface area (Å²) >= 11 is 0. The van der Waals surface area contributed by atoms with Gasteiger partial charge in [-0.2, -0.15) is 10.1 Å². The van der Waals surface area contributed by atoms with E-state index in [1.54, 1.807) is 6.08 Å². The highest BCUT2D eigenvalue weighted by molar-refractivity contribution is 5.92. The van der Waals surface area contributed by atoms with Crippen molar-refractivity contribution in [2.45, 2.75) is 24.8 Å². The van der Waals surface area contributed by atoms with Crippen LogP contribution in [0, 0.1) is 0 Å². The Kier molecular flexibility index (Phi) is 2.51. The topological polar surface area (TPSA) is 59.0 Å². The first-order valence-electron chi connectivity index (χ1n) is 5.91. The van der Waals surface area contributed by atoms with Gasteiger partial charge in [-0.1, -0.05) is 12.1 Å². The molecule has 1 amide bonds. The molecular weight excluding hydrogens is 232 g/mol. The first-order valence-corrected chi connectivity index (χ1v) is 5.91. The Labute approximate surface area is 104 Å². The molecule has 1 aliphatic heterocycles. The average Bonchev–Trinajstić information content (AvgIpc) is 3.05. The van der Waals surface area contributed by atoms with Gasteiger partial charge in [0.1, 0.15) is 0 Å². The summed E-state index contributed by atoms with van der Waals surface area (Å²) in [6.07, 6.45) is 3.80. The van der Waals surface area contributed by atoms with Crippen molar-refractivity contribution in [1.29, 1.82) is 0 Å². The molecule has 0 spiro atoms. The molecule has 92 valence electrons. The Balaban J connectivity index is 1.85. The zero-order valence-corrected chi connectivity index (χ0v) is 9.76. The van der Waals surface area contributed by atoms with Crippen molar-refractivity contribution < 1.29 is 14.4 Å². The Morgan fingerprint density at radius 3 is 2.50 bits per heavy atom. The molecule has 2 aliphatic rings. The number of benzene rings is 1. The molecule has 18 heavy (non-hydrogen) atoms. The number of nitrogens with zero attached hydrogens (tertiary/aromatic N) is 2. The molecule has 0 aromatic heterocycles. The van der Waals surface area contributed by atoms with Gasteiger partial charge in [-0.15, -0.1) is 0 Å². The van der Waals surface area contributed by atoms with Gasteiger partial charge in [-0.05, 0) is 30.5 Å². The Morgan fingerprint density at radius 2 is 2.00 bits per heavy atom. The number of hydroxylamine groups is 1. The lowest BCUT2D eigenvalue weighted by atomic mass is 10.1. The third kappa shape index (κ3) is 1.74. The second kappa shape index (κ2) is 4.05. The predicted molar refractivity (Wildman–Crippen MR) is 63.5 cm³/mol. The fraction of sp³-hybridized carbons (Fsp3) is 0.385. The number of anilines is 1. The summed E-state index contributed by atoms with van der Waals surface area (Å²) in [5, 5.41) is 1.31. The highest BCUT2D eigenvalue weighted by Crippen LogP contribution is 2.49. The number of aliphatic imine (C=N–C) groups is 1. The lowest BCUT2D eigenvalue weighted by Gasteiger charge is -2.15. The highest BCUT2D eigenvalue weighted by Gasteiger charge is 2.44. The molecule has 1 aliphatic carbocycles. The molecule has 3 rings (SSSR count). The van der Waals surface area contributed by atoms with Crippen molar-refractivity contribution in [2.24, 2.45) is 4.99 Å². The largest absolute Gasteiger partial charge is 0.272 e. The number of carbonyl (C=O) groups is 1. The van der Waals surface area contributed by atoms with E-state index in [9.17, 15) is 9.59 Å². The molecule has 0 atom stereocenters. The van der Waals surface area contributed by atoms with Crippen LogP contribution in [0.25, 0.3) is 0 Å². The second-order valence-corrected chi connectivity index (χ2v) is 4.55. The maximum absolute atomic E-state index is 11.5. The SMILES string of the molecule is O=C=NC1(c2ccc(N3OCCC3=O)cc2)CC1. The zero-order chi connectivity index (χ0) is 12.6. The van der Waals surface area contributed by atoms with E-state index in [0.29, 0.717) is 18.7 Å². The van der Waals surface area contributed by atoms with E-state index >= 15 is 0 Å². The fourth-order valence-corrected chi connectivity index (χ4v) is 2.19. The van der Waals surface area contributed by atoms with Crippen LogP contribution < -0.4 is 5.06 Å². The Hall–Kier alpha value is -1.97. The number of carbonyl (C=O) groups excluding carboxylic acids is 2. The minimum absolute atomic E-state index is 0.0326. The average molecular weight is 244 g/mol. The van der Waals surface area contributed by atoms with Crippen LogP contribution in [-0.4, -0.2) is 18.6 Å². The van der Waals surface area contributed by atoms with Gasteiger partial charge in [0, 0.05) is 0 Å². The van der Waals surface area contributed by atoms with Gasteiger partial charge in [-0.25, -0.2) is 4.79 Å². The minimum Gasteiger partial charge on any atom is -0.272 e. The lowest BCUT2D eigenvalue weighted by Crippen LogP contribution is -2.22. The van der Waals surface area contributed by atoms with Gasteiger partial charge in [0.05, 0.1) is 24.3 Å². The van der Waals surface area contributed by atoms with Crippen LogP contribution in [0.3, 0.4) is 0 Å². The first-order chi connectivity index (χ1) is 8.75. The van der Waals surface area contributed by atoms with Crippen LogP contribution in [0.2, 0.25) is 0 Å². The Bertz CT molecular complexity index is 528. The molecular formula is C13H12N2O3. The van der Waals surface area contributed by atoms with Crippen LogP contribution in [0.4, 0.5) is 5.69 Å². The van der Waals surface area contributed by atoms with Gasteiger partial charge < -0.3 is 0 Å². The van der Waals surface area contributed by atoms with E-state index in [2.05, 4.69) is 4.99 Å². The molecule has 0 bridgehead atoms. The molecule has 0 radical (unpaired) electrons. The minimum atomic E-state index is -0.365. The number of hydrogen-bond donors (Lipinski definition) is 0. The van der Waals surface area contributed by atoms with Crippen LogP contribution in [-0.2, 0) is 20.0 Å². The van der Waals surface area contributed by atoms with Gasteiger partial charge in [0.2, 0.25) is 6.08 Å². The standard InChI is InChI=1S/C13H12N2O3/c16-9-14-13(6-7-13)10-1-3-11(4-2-10)15-12(17)5-8-18-15/h1-4H,5-8H2. The molecule has 5 nitrogen and oxygen atoms in total. The van der Waals surface area contributed by atoms with E-state index < -0.39 is 0 Å². The lowest BCUT2D eigenvalue weighted by molar-refractivity contribution is -0.119. The summed E-state index contributed by atoms with van der Waals surface area (Å²) < 4.78 is 0. The molecule has 5 heteroatoms. The number of isocyanates is 1. The summed E-state index contributed by atoms with van der Waals surface area (Å²) in [7, 11) is 0. The van der Waals surface area contributed by atoms with Crippen molar-refractivity contribution in [1.82, 2.24) is 0 Å². The Morgan fingerprint density at radius 1 is 1.28 bits per heavy atom. The van der Waals surface area contributed by atoms with E-state index in [0.717, 1.165) is 18.4 Å². The molecule has 1 heterocycles. The van der Waals surface area contributed by atoms with Crippen molar-refractivity contribution in [3.8, 4) is 0 Å². The normalized spacial score (nSPS) is 20.7. The predicted octanol–water partition coefficient (Wildman–Crippen LogP) is 1.68. The monoisotopic (exact) mass is 244 g/mol. The van der Waals surface area contributed by atoms with E-state index in [1.807, 2.05) is 24.3 Å². The highest BCUT2D eigenvalue weighted by atomic mass is 16.7. The maximum Gasteiger partial charge on any atom is 0.253 e. The third-order valence-corrected chi connectivity index (χ3v) is 3.39. The fourth-order valence-electron chi connectivity index (χ4n) is 2.19. The van der Waals surface area contributed by atoms with Crippen LogP contribution in [0.1, 0.15) is 24.8 Å². The summed E-state index contributed by atoms with van der Waals surface area (Å²) in [5.74, 6) is -0.0326. The molecule has 1 saturated heterocycles. The molecule has 1 saturated carbocycles. The molecule has 2 fully saturated rings.